The van der Waals surface area contributed by atoms with Crippen LogP contribution in [0.15, 0.2) is 12.3 Å². The molecule has 1 heterocycles. The molecule has 72 valence electrons. The van der Waals surface area contributed by atoms with E-state index in [9.17, 15) is 0 Å². The van der Waals surface area contributed by atoms with Gasteiger partial charge in [-0.3, -0.25) is 4.68 Å². The highest BCUT2D eigenvalue weighted by Crippen LogP contribution is 2.26. The second-order valence-corrected chi connectivity index (χ2v) is 4.04. The third kappa shape index (κ3) is 1.91. The highest BCUT2D eigenvalue weighted by molar-refractivity contribution is 5.02. The molecule has 0 saturated heterocycles. The quantitative estimate of drug-likeness (QED) is 0.738. The molecule has 3 nitrogen and oxygen atoms in total. The molecule has 0 bridgehead atoms. The average molecular weight is 179 g/mol. The van der Waals surface area contributed by atoms with Crippen molar-refractivity contribution in [3.05, 3.63) is 18.0 Å². The fourth-order valence-corrected chi connectivity index (χ4v) is 2.16. The fourth-order valence-electron chi connectivity index (χ4n) is 2.16. The highest BCUT2D eigenvalue weighted by Gasteiger charge is 2.24. The van der Waals surface area contributed by atoms with Gasteiger partial charge in [-0.05, 0) is 31.2 Å². The molecule has 0 amide bonds. The van der Waals surface area contributed by atoms with Gasteiger partial charge in [0.25, 0.3) is 0 Å². The first kappa shape index (κ1) is 8.75. The molecule has 0 aromatic carbocycles. The van der Waals surface area contributed by atoms with Gasteiger partial charge in [0.1, 0.15) is 0 Å². The van der Waals surface area contributed by atoms with Gasteiger partial charge in [-0.2, -0.15) is 5.10 Å². The summed E-state index contributed by atoms with van der Waals surface area (Å²) in [6.45, 7) is 0. The number of aromatic nitrogens is 2. The van der Waals surface area contributed by atoms with E-state index < -0.39 is 0 Å². The second kappa shape index (κ2) is 3.50. The Morgan fingerprint density at radius 1 is 1.62 bits per heavy atom. The molecule has 1 aliphatic rings. The van der Waals surface area contributed by atoms with Crippen molar-refractivity contribution in [2.75, 3.05) is 0 Å². The molecular formula is C10H17N3. The Hall–Kier alpha value is -0.830. The van der Waals surface area contributed by atoms with Crippen molar-refractivity contribution < 1.29 is 0 Å². The molecule has 3 heteroatoms. The monoisotopic (exact) mass is 179 g/mol. The SMILES string of the molecule is Cn1ccc(CC2CCCC2N)n1. The van der Waals surface area contributed by atoms with E-state index in [0.29, 0.717) is 12.0 Å². The Bertz CT molecular complexity index is 279. The fraction of sp³-hybridized carbons (Fsp3) is 0.700. The normalized spacial score (nSPS) is 28.2. The maximum atomic E-state index is 6.00. The smallest absolute Gasteiger partial charge is 0.0627 e. The van der Waals surface area contributed by atoms with E-state index in [1.54, 1.807) is 0 Å². The summed E-state index contributed by atoms with van der Waals surface area (Å²) in [5, 5.41) is 4.37. The molecule has 2 atom stereocenters. The lowest BCUT2D eigenvalue weighted by molar-refractivity contribution is 0.471. The zero-order valence-corrected chi connectivity index (χ0v) is 8.11. The first-order chi connectivity index (χ1) is 6.25. The number of hydrogen-bond acceptors (Lipinski definition) is 2. The maximum Gasteiger partial charge on any atom is 0.0627 e. The Morgan fingerprint density at radius 3 is 3.00 bits per heavy atom. The number of nitrogens with two attached hydrogens (primary N) is 1. The van der Waals surface area contributed by atoms with E-state index in [0.717, 1.165) is 6.42 Å². The minimum atomic E-state index is 0.405. The molecule has 1 aromatic heterocycles. The highest BCUT2D eigenvalue weighted by atomic mass is 15.2. The molecular weight excluding hydrogens is 162 g/mol. The lowest BCUT2D eigenvalue weighted by Crippen LogP contribution is -2.26. The van der Waals surface area contributed by atoms with Gasteiger partial charge in [0.15, 0.2) is 0 Å². The summed E-state index contributed by atoms with van der Waals surface area (Å²) >= 11 is 0. The molecule has 0 aliphatic heterocycles. The van der Waals surface area contributed by atoms with Crippen molar-refractivity contribution in [3.63, 3.8) is 0 Å². The van der Waals surface area contributed by atoms with Crippen LogP contribution in [0.1, 0.15) is 25.0 Å². The van der Waals surface area contributed by atoms with Crippen molar-refractivity contribution in [1.29, 1.82) is 0 Å². The molecule has 1 fully saturated rings. The summed E-state index contributed by atoms with van der Waals surface area (Å²) in [6.07, 6.45) is 6.81. The minimum Gasteiger partial charge on any atom is -0.327 e. The van der Waals surface area contributed by atoms with Crippen LogP contribution in [0, 0.1) is 5.92 Å². The molecule has 13 heavy (non-hydrogen) atoms. The van der Waals surface area contributed by atoms with Crippen LogP contribution in [0.5, 0.6) is 0 Å². The van der Waals surface area contributed by atoms with Crippen LogP contribution < -0.4 is 5.73 Å². The predicted octanol–water partition coefficient (Wildman–Crippen LogP) is 1.09. The van der Waals surface area contributed by atoms with Crippen LogP contribution in [0.25, 0.3) is 0 Å². The van der Waals surface area contributed by atoms with Crippen LogP contribution in [-0.4, -0.2) is 15.8 Å². The number of nitrogens with zero attached hydrogens (tertiary/aromatic N) is 2. The van der Waals surface area contributed by atoms with Gasteiger partial charge in [-0.1, -0.05) is 6.42 Å². The van der Waals surface area contributed by atoms with Crippen molar-refractivity contribution in [2.24, 2.45) is 18.7 Å². The number of aryl methyl sites for hydroxylation is 1. The summed E-state index contributed by atoms with van der Waals surface area (Å²) < 4.78 is 1.86. The van der Waals surface area contributed by atoms with Gasteiger partial charge in [0.2, 0.25) is 0 Å². The van der Waals surface area contributed by atoms with Crippen LogP contribution >= 0.6 is 0 Å². The first-order valence-corrected chi connectivity index (χ1v) is 5.00. The maximum absolute atomic E-state index is 6.00. The van der Waals surface area contributed by atoms with Crippen molar-refractivity contribution >= 4 is 0 Å². The molecule has 1 saturated carbocycles. The Morgan fingerprint density at radius 2 is 2.46 bits per heavy atom. The largest absolute Gasteiger partial charge is 0.327 e. The van der Waals surface area contributed by atoms with Crippen molar-refractivity contribution in [3.8, 4) is 0 Å². The van der Waals surface area contributed by atoms with Crippen LogP contribution in [-0.2, 0) is 13.5 Å². The lowest BCUT2D eigenvalue weighted by Gasteiger charge is -2.12. The summed E-state index contributed by atoms with van der Waals surface area (Å²) in [5.41, 5.74) is 7.18. The molecule has 2 unspecified atom stereocenters. The topological polar surface area (TPSA) is 43.8 Å². The third-order valence-electron chi connectivity index (χ3n) is 2.96. The van der Waals surface area contributed by atoms with Gasteiger partial charge in [-0.25, -0.2) is 0 Å². The second-order valence-electron chi connectivity index (χ2n) is 4.04. The Labute approximate surface area is 78.9 Å². The van der Waals surface area contributed by atoms with Crippen LogP contribution in [0.4, 0.5) is 0 Å². The zero-order valence-electron chi connectivity index (χ0n) is 8.11. The standard InChI is InChI=1S/C10H17N3/c1-13-6-5-9(12-13)7-8-3-2-4-10(8)11/h5-6,8,10H,2-4,7,11H2,1H3. The van der Waals surface area contributed by atoms with Gasteiger partial charge in [0.05, 0.1) is 5.69 Å². The molecule has 0 spiro atoms. The summed E-state index contributed by atoms with van der Waals surface area (Å²) in [4.78, 5) is 0. The van der Waals surface area contributed by atoms with Crippen LogP contribution in [0.2, 0.25) is 0 Å². The van der Waals surface area contributed by atoms with E-state index in [2.05, 4.69) is 11.2 Å². The van der Waals surface area contributed by atoms with Crippen LogP contribution in [0.3, 0.4) is 0 Å². The molecule has 1 aromatic rings. The molecule has 0 radical (unpaired) electrons. The molecule has 2 rings (SSSR count). The van der Waals surface area contributed by atoms with E-state index in [1.165, 1.54) is 25.0 Å². The summed E-state index contributed by atoms with van der Waals surface area (Å²) in [5.74, 6) is 0.662. The van der Waals surface area contributed by atoms with E-state index in [-0.39, 0.29) is 0 Å². The van der Waals surface area contributed by atoms with Crippen molar-refractivity contribution in [2.45, 2.75) is 31.7 Å². The van der Waals surface area contributed by atoms with Gasteiger partial charge < -0.3 is 5.73 Å². The van der Waals surface area contributed by atoms with Gasteiger partial charge in [0, 0.05) is 19.3 Å². The molecule has 1 aliphatic carbocycles. The predicted molar refractivity (Wildman–Crippen MR) is 52.2 cm³/mol. The zero-order chi connectivity index (χ0) is 9.26. The van der Waals surface area contributed by atoms with Crippen molar-refractivity contribution in [1.82, 2.24) is 9.78 Å². The number of rotatable bonds is 2. The summed E-state index contributed by atoms with van der Waals surface area (Å²) in [7, 11) is 1.96. The average Bonchev–Trinajstić information content (AvgIpc) is 2.64. The lowest BCUT2D eigenvalue weighted by atomic mass is 9.98. The number of hydrogen-bond donors (Lipinski definition) is 1. The van der Waals surface area contributed by atoms with E-state index in [4.69, 9.17) is 5.73 Å². The van der Waals surface area contributed by atoms with E-state index in [1.807, 2.05) is 17.9 Å². The molecule has 2 N–H and O–H groups in total. The third-order valence-corrected chi connectivity index (χ3v) is 2.96. The van der Waals surface area contributed by atoms with E-state index >= 15 is 0 Å². The van der Waals surface area contributed by atoms with Gasteiger partial charge >= 0.3 is 0 Å². The Kier molecular flexibility index (Phi) is 2.36. The first-order valence-electron chi connectivity index (χ1n) is 5.00. The minimum absolute atomic E-state index is 0.405. The van der Waals surface area contributed by atoms with Gasteiger partial charge in [-0.15, -0.1) is 0 Å². The Balaban J connectivity index is 1.97. The summed E-state index contributed by atoms with van der Waals surface area (Å²) in [6, 6.07) is 2.49.